The van der Waals surface area contributed by atoms with Gasteiger partial charge in [0, 0.05) is 24.4 Å². The van der Waals surface area contributed by atoms with Gasteiger partial charge >= 0.3 is 0 Å². The van der Waals surface area contributed by atoms with E-state index in [1.54, 1.807) is 0 Å². The van der Waals surface area contributed by atoms with Gasteiger partial charge in [0.2, 0.25) is 5.89 Å². The molecule has 1 heterocycles. The third-order valence-electron chi connectivity index (χ3n) is 2.78. The number of rotatable bonds is 5. The Bertz CT molecular complexity index is 570. The van der Waals surface area contributed by atoms with Gasteiger partial charge in [-0.05, 0) is 38.0 Å². The highest BCUT2D eigenvalue weighted by Crippen LogP contribution is 2.13. The Morgan fingerprint density at radius 2 is 1.85 bits per heavy atom. The summed E-state index contributed by atoms with van der Waals surface area (Å²) in [6.45, 7) is 3.83. The first-order valence-electron chi connectivity index (χ1n) is 6.37. The molecule has 0 saturated carbocycles. The van der Waals surface area contributed by atoms with Crippen molar-refractivity contribution >= 4 is 0 Å². The lowest BCUT2D eigenvalue weighted by molar-refractivity contribution is 0.355. The molecule has 4 nitrogen and oxygen atoms in total. The molecule has 20 heavy (non-hydrogen) atoms. The summed E-state index contributed by atoms with van der Waals surface area (Å²) in [4.78, 5) is 4.19. The maximum atomic E-state index is 13.1. The van der Waals surface area contributed by atoms with Gasteiger partial charge in [-0.3, -0.25) is 0 Å². The van der Waals surface area contributed by atoms with Gasteiger partial charge in [0.15, 0.2) is 5.82 Å². The monoisotopic (exact) mass is 281 g/mol. The predicted octanol–water partition coefficient (Wildman–Crippen LogP) is 2.61. The number of hydrogen-bond acceptors (Lipinski definition) is 4. The zero-order chi connectivity index (χ0) is 14.8. The van der Waals surface area contributed by atoms with Crippen LogP contribution in [0.25, 0.3) is 0 Å². The zero-order valence-electron chi connectivity index (χ0n) is 11.5. The van der Waals surface area contributed by atoms with E-state index in [-0.39, 0.29) is 12.0 Å². The molecule has 0 radical (unpaired) electrons. The second-order valence-corrected chi connectivity index (χ2v) is 5.55. The van der Waals surface area contributed by atoms with Crippen molar-refractivity contribution in [2.45, 2.75) is 38.6 Å². The highest BCUT2D eigenvalue weighted by atomic mass is 19.1. The average Bonchev–Trinajstić information content (AvgIpc) is 2.72. The van der Waals surface area contributed by atoms with Crippen LogP contribution in [0.15, 0.2) is 22.7 Å². The van der Waals surface area contributed by atoms with Crippen molar-refractivity contribution in [3.63, 3.8) is 0 Å². The second-order valence-electron chi connectivity index (χ2n) is 5.55. The lowest BCUT2D eigenvalue weighted by atomic mass is 10.0. The normalized spacial score (nSPS) is 11.8. The molecular formula is C14H17F2N3O. The molecule has 0 aliphatic rings. The number of aryl methyl sites for hydroxylation is 1. The van der Waals surface area contributed by atoms with Crippen LogP contribution in [0.5, 0.6) is 0 Å². The Kier molecular flexibility index (Phi) is 4.13. The third kappa shape index (κ3) is 4.38. The van der Waals surface area contributed by atoms with E-state index in [0.29, 0.717) is 30.1 Å². The molecule has 6 heteroatoms. The van der Waals surface area contributed by atoms with Gasteiger partial charge in [0.25, 0.3) is 0 Å². The summed E-state index contributed by atoms with van der Waals surface area (Å²) >= 11 is 0. The summed E-state index contributed by atoms with van der Waals surface area (Å²) < 4.78 is 31.2. The molecule has 0 fully saturated rings. The van der Waals surface area contributed by atoms with Crippen LogP contribution in [-0.4, -0.2) is 15.7 Å². The van der Waals surface area contributed by atoms with E-state index in [2.05, 4.69) is 10.1 Å². The van der Waals surface area contributed by atoms with Gasteiger partial charge in [-0.1, -0.05) is 5.16 Å². The van der Waals surface area contributed by atoms with Crippen LogP contribution >= 0.6 is 0 Å². The molecule has 2 aromatic rings. The Labute approximate surface area is 116 Å². The smallest absolute Gasteiger partial charge is 0.226 e. The lowest BCUT2D eigenvalue weighted by Gasteiger charge is -2.16. The number of hydrogen-bond donors (Lipinski definition) is 1. The van der Waals surface area contributed by atoms with Gasteiger partial charge in [-0.2, -0.15) is 4.98 Å². The molecule has 1 aromatic heterocycles. The predicted molar refractivity (Wildman–Crippen MR) is 70.0 cm³/mol. The zero-order valence-corrected chi connectivity index (χ0v) is 11.5. The number of halogens is 2. The fourth-order valence-corrected chi connectivity index (χ4v) is 1.79. The van der Waals surface area contributed by atoms with E-state index in [1.165, 1.54) is 12.1 Å². The summed E-state index contributed by atoms with van der Waals surface area (Å²) in [6, 6.07) is 3.33. The molecule has 2 N–H and O–H groups in total. The molecule has 0 saturated heterocycles. The van der Waals surface area contributed by atoms with Crippen LogP contribution in [0.3, 0.4) is 0 Å². The van der Waals surface area contributed by atoms with Crippen LogP contribution in [0, 0.1) is 11.6 Å². The first kappa shape index (κ1) is 14.6. The van der Waals surface area contributed by atoms with Gasteiger partial charge in [-0.25, -0.2) is 8.78 Å². The summed E-state index contributed by atoms with van der Waals surface area (Å²) in [6.07, 6.45) is 1.52. The highest BCUT2D eigenvalue weighted by molar-refractivity contribution is 5.21. The maximum absolute atomic E-state index is 13.1. The van der Waals surface area contributed by atoms with Crippen LogP contribution in [0.2, 0.25) is 0 Å². The van der Waals surface area contributed by atoms with Crippen molar-refractivity contribution in [1.29, 1.82) is 0 Å². The molecule has 1 aromatic carbocycles. The second kappa shape index (κ2) is 5.66. The van der Waals surface area contributed by atoms with Crippen LogP contribution < -0.4 is 5.73 Å². The molecule has 0 amide bonds. The van der Waals surface area contributed by atoms with Crippen LogP contribution in [0.1, 0.15) is 37.5 Å². The van der Waals surface area contributed by atoms with E-state index < -0.39 is 11.6 Å². The first-order valence-corrected chi connectivity index (χ1v) is 6.37. The molecule has 0 aliphatic heterocycles. The highest BCUT2D eigenvalue weighted by Gasteiger charge is 2.14. The van der Waals surface area contributed by atoms with E-state index in [0.717, 1.165) is 6.07 Å². The van der Waals surface area contributed by atoms with Crippen molar-refractivity contribution in [3.8, 4) is 0 Å². The van der Waals surface area contributed by atoms with E-state index in [4.69, 9.17) is 10.3 Å². The first-order chi connectivity index (χ1) is 9.32. The largest absolute Gasteiger partial charge is 0.339 e. The average molecular weight is 281 g/mol. The van der Waals surface area contributed by atoms with Crippen molar-refractivity contribution in [2.75, 3.05) is 0 Å². The number of benzene rings is 1. The quantitative estimate of drug-likeness (QED) is 0.915. The van der Waals surface area contributed by atoms with Gasteiger partial charge in [-0.15, -0.1) is 0 Å². The fraction of sp³-hybridized carbons (Fsp3) is 0.429. The Morgan fingerprint density at radius 1 is 1.20 bits per heavy atom. The minimum Gasteiger partial charge on any atom is -0.339 e. The van der Waals surface area contributed by atoms with Gasteiger partial charge in [0.05, 0.1) is 0 Å². The summed E-state index contributed by atoms with van der Waals surface area (Å²) in [7, 11) is 0. The molecule has 0 aliphatic carbocycles. The Balaban J connectivity index is 2.02. The molecule has 0 atom stereocenters. The van der Waals surface area contributed by atoms with Gasteiger partial charge < -0.3 is 10.3 Å². The third-order valence-corrected chi connectivity index (χ3v) is 2.78. The SMILES string of the molecule is CC(C)(N)CCc1nc(Cc2cc(F)cc(F)c2)no1. The maximum Gasteiger partial charge on any atom is 0.226 e. The van der Waals surface area contributed by atoms with Crippen molar-refractivity contribution in [3.05, 3.63) is 47.1 Å². The Morgan fingerprint density at radius 3 is 2.45 bits per heavy atom. The molecule has 0 spiro atoms. The fourth-order valence-electron chi connectivity index (χ4n) is 1.79. The van der Waals surface area contributed by atoms with E-state index in [1.807, 2.05) is 13.8 Å². The molecule has 0 unspecified atom stereocenters. The van der Waals surface area contributed by atoms with Gasteiger partial charge in [0.1, 0.15) is 11.6 Å². The number of aromatic nitrogens is 2. The van der Waals surface area contributed by atoms with Crippen molar-refractivity contribution in [1.82, 2.24) is 10.1 Å². The molecule has 0 bridgehead atoms. The topological polar surface area (TPSA) is 64.9 Å². The van der Waals surface area contributed by atoms with E-state index in [9.17, 15) is 8.78 Å². The van der Waals surface area contributed by atoms with Crippen LogP contribution in [-0.2, 0) is 12.8 Å². The standard InChI is InChI=1S/C14H17F2N3O/c1-14(2,17)4-3-13-18-12(19-20-13)7-9-5-10(15)8-11(16)6-9/h5-6,8H,3-4,7,17H2,1-2H3. The lowest BCUT2D eigenvalue weighted by Crippen LogP contribution is -2.32. The summed E-state index contributed by atoms with van der Waals surface area (Å²) in [5.74, 6) is -0.350. The Hall–Kier alpha value is -1.82. The minimum absolute atomic E-state index is 0.226. The summed E-state index contributed by atoms with van der Waals surface area (Å²) in [5.41, 5.74) is 6.04. The van der Waals surface area contributed by atoms with Crippen LogP contribution in [0.4, 0.5) is 8.78 Å². The van der Waals surface area contributed by atoms with E-state index >= 15 is 0 Å². The molecule has 2 rings (SSSR count). The molecule has 108 valence electrons. The molecular weight excluding hydrogens is 264 g/mol. The van der Waals surface area contributed by atoms with Crippen molar-refractivity contribution < 1.29 is 13.3 Å². The summed E-state index contributed by atoms with van der Waals surface area (Å²) in [5, 5.41) is 3.80. The van der Waals surface area contributed by atoms with Crippen molar-refractivity contribution in [2.24, 2.45) is 5.73 Å². The number of nitrogens with two attached hydrogens (primary N) is 1. The number of nitrogens with zero attached hydrogens (tertiary/aromatic N) is 2. The minimum atomic E-state index is -0.617.